The summed E-state index contributed by atoms with van der Waals surface area (Å²) < 4.78 is 28.3. The average molecular weight is 1100 g/mol. The Kier molecular flexibility index (Phi) is 48.7. The lowest BCUT2D eigenvalue weighted by Crippen LogP contribution is -2.61. The van der Waals surface area contributed by atoms with Crippen LogP contribution in [0.4, 0.5) is 0 Å². The van der Waals surface area contributed by atoms with Gasteiger partial charge in [0.15, 0.2) is 24.6 Å². The Morgan fingerprint density at radius 3 is 1.28 bits per heavy atom. The summed E-state index contributed by atoms with van der Waals surface area (Å²) in [5, 5.41) is 31.5. The van der Waals surface area contributed by atoms with Gasteiger partial charge in [-0.3, -0.25) is 14.4 Å². The molecule has 1 aliphatic rings. The molecule has 3 N–H and O–H groups in total. The number of ether oxygens (including phenoxy) is 5. The maximum Gasteiger partial charge on any atom is 0.335 e. The number of hydrogen-bond acceptors (Lipinski definition) is 11. The van der Waals surface area contributed by atoms with E-state index in [0.717, 1.165) is 141 Å². The number of rotatable bonds is 49. The summed E-state index contributed by atoms with van der Waals surface area (Å²) in [6.07, 6.45) is 62.9. The van der Waals surface area contributed by atoms with E-state index in [0.29, 0.717) is 19.3 Å². The minimum absolute atomic E-state index is 0.0338. The monoisotopic (exact) mass is 1100 g/mol. The first-order valence-corrected chi connectivity index (χ1v) is 30.2. The van der Waals surface area contributed by atoms with Gasteiger partial charge in [-0.15, -0.1) is 0 Å². The van der Waals surface area contributed by atoms with Gasteiger partial charge in [-0.2, -0.15) is 0 Å². The topological polar surface area (TPSA) is 175 Å². The number of hydrogen-bond donors (Lipinski definition) is 3. The summed E-state index contributed by atoms with van der Waals surface area (Å²) in [6.45, 7) is 5.63. The van der Waals surface area contributed by atoms with Gasteiger partial charge in [0, 0.05) is 19.3 Å². The Bertz CT molecular complexity index is 1880. The van der Waals surface area contributed by atoms with Crippen molar-refractivity contribution in [1.29, 1.82) is 0 Å². The van der Waals surface area contributed by atoms with Gasteiger partial charge in [-0.25, -0.2) is 4.79 Å². The van der Waals surface area contributed by atoms with Crippen LogP contribution in [0.1, 0.15) is 213 Å². The summed E-state index contributed by atoms with van der Waals surface area (Å²) in [7, 11) is 0. The Hall–Kier alpha value is -5.14. The van der Waals surface area contributed by atoms with Crippen molar-refractivity contribution < 1.29 is 58.2 Å². The van der Waals surface area contributed by atoms with E-state index in [1.165, 1.54) is 12.8 Å². The molecule has 1 saturated heterocycles. The molecule has 0 amide bonds. The molecule has 0 bridgehead atoms. The number of aliphatic hydroxyl groups is 2. The number of carbonyl (C=O) groups is 4. The van der Waals surface area contributed by atoms with Crippen molar-refractivity contribution in [2.24, 2.45) is 0 Å². The fourth-order valence-corrected chi connectivity index (χ4v) is 8.13. The molecule has 6 atom stereocenters. The second-order valence-corrected chi connectivity index (χ2v) is 19.9. The molecular weight excluding hydrogens is 997 g/mol. The molecule has 79 heavy (non-hydrogen) atoms. The molecule has 0 aliphatic carbocycles. The number of esters is 3. The smallest absolute Gasteiger partial charge is 0.335 e. The van der Waals surface area contributed by atoms with Crippen molar-refractivity contribution in [3.05, 3.63) is 134 Å². The number of carboxylic acids is 1. The Morgan fingerprint density at radius 1 is 0.430 bits per heavy atom. The largest absolute Gasteiger partial charge is 0.479 e. The summed E-state index contributed by atoms with van der Waals surface area (Å²) in [4.78, 5) is 51.1. The quantitative estimate of drug-likeness (QED) is 0.0228. The molecule has 1 heterocycles. The highest BCUT2D eigenvalue weighted by atomic mass is 16.7. The normalized spacial score (nSPS) is 18.8. The van der Waals surface area contributed by atoms with Gasteiger partial charge < -0.3 is 39.0 Å². The second-order valence-electron chi connectivity index (χ2n) is 19.9. The van der Waals surface area contributed by atoms with Crippen molar-refractivity contribution in [3.63, 3.8) is 0 Å². The third-order valence-electron chi connectivity index (χ3n) is 12.7. The summed E-state index contributed by atoms with van der Waals surface area (Å²) in [5.74, 6) is -3.28. The number of aliphatic carboxylic acids is 1. The first-order valence-electron chi connectivity index (χ1n) is 30.2. The van der Waals surface area contributed by atoms with Crippen molar-refractivity contribution in [2.45, 2.75) is 250 Å². The van der Waals surface area contributed by atoms with Crippen LogP contribution in [0.25, 0.3) is 0 Å². The van der Waals surface area contributed by atoms with E-state index in [1.54, 1.807) is 0 Å². The first kappa shape index (κ1) is 71.9. The highest BCUT2D eigenvalue weighted by Crippen LogP contribution is 2.26. The number of unbranched alkanes of at least 4 members (excludes halogenated alkanes) is 13. The van der Waals surface area contributed by atoms with Crippen LogP contribution in [0, 0.1) is 0 Å². The van der Waals surface area contributed by atoms with Crippen LogP contribution in [0.5, 0.6) is 0 Å². The lowest BCUT2D eigenvalue weighted by atomic mass is 9.98. The van der Waals surface area contributed by atoms with E-state index in [9.17, 15) is 34.5 Å². The zero-order valence-electron chi connectivity index (χ0n) is 48.8. The number of allylic oxidation sites excluding steroid dienone is 22. The van der Waals surface area contributed by atoms with Gasteiger partial charge in [-0.1, -0.05) is 212 Å². The first-order chi connectivity index (χ1) is 38.6. The van der Waals surface area contributed by atoms with Crippen molar-refractivity contribution in [1.82, 2.24) is 0 Å². The summed E-state index contributed by atoms with van der Waals surface area (Å²) in [6, 6.07) is 0. The highest BCUT2D eigenvalue weighted by Gasteiger charge is 2.50. The van der Waals surface area contributed by atoms with Crippen molar-refractivity contribution in [3.8, 4) is 0 Å². The SMILES string of the molecule is CC/C=C\C/C=C\C/C=C\C/C=C\C/C=C\C/C=C\CCC(=O)OCC(COC1OC(C(=O)O)C(O)C(O)C1OC(=O)CCCCCCC/C=C\CCCC)OC(=O)CCCCCCCC/C=C\C/C=C\C/C=C\C/C=C\CC. The number of carbonyl (C=O) groups excluding carboxylic acids is 3. The lowest BCUT2D eigenvalue weighted by Gasteiger charge is -2.40. The molecule has 444 valence electrons. The van der Waals surface area contributed by atoms with Crippen LogP contribution in [0.2, 0.25) is 0 Å². The van der Waals surface area contributed by atoms with E-state index in [2.05, 4.69) is 142 Å². The molecular formula is C67H104O12. The minimum atomic E-state index is -1.92. The molecule has 1 fully saturated rings. The van der Waals surface area contributed by atoms with Crippen LogP contribution >= 0.6 is 0 Å². The summed E-state index contributed by atoms with van der Waals surface area (Å²) in [5.41, 5.74) is 0. The number of aliphatic hydroxyl groups excluding tert-OH is 2. The Morgan fingerprint density at radius 2 is 0.823 bits per heavy atom. The molecule has 1 aliphatic heterocycles. The van der Waals surface area contributed by atoms with Gasteiger partial charge in [-0.05, 0) is 116 Å². The number of carboxylic acid groups (broad SMARTS) is 1. The predicted molar refractivity (Wildman–Crippen MR) is 321 cm³/mol. The van der Waals surface area contributed by atoms with Crippen LogP contribution < -0.4 is 0 Å². The maximum atomic E-state index is 13.2. The Labute approximate surface area is 477 Å². The zero-order chi connectivity index (χ0) is 57.5. The highest BCUT2D eigenvalue weighted by molar-refractivity contribution is 5.74. The molecule has 0 saturated carbocycles. The molecule has 0 radical (unpaired) electrons. The molecule has 0 spiro atoms. The van der Waals surface area contributed by atoms with Crippen LogP contribution in [-0.4, -0.2) is 89.2 Å². The molecule has 12 nitrogen and oxygen atoms in total. The van der Waals surface area contributed by atoms with Gasteiger partial charge in [0.05, 0.1) is 6.61 Å². The lowest BCUT2D eigenvalue weighted by molar-refractivity contribution is -0.301. The van der Waals surface area contributed by atoms with Crippen molar-refractivity contribution in [2.75, 3.05) is 13.2 Å². The van der Waals surface area contributed by atoms with E-state index in [1.807, 2.05) is 12.2 Å². The Balaban J connectivity index is 2.75. The van der Waals surface area contributed by atoms with Gasteiger partial charge in [0.25, 0.3) is 0 Å². The third kappa shape index (κ3) is 43.4. The maximum absolute atomic E-state index is 13.2. The summed E-state index contributed by atoms with van der Waals surface area (Å²) >= 11 is 0. The van der Waals surface area contributed by atoms with E-state index in [4.69, 9.17) is 23.7 Å². The minimum Gasteiger partial charge on any atom is -0.479 e. The molecule has 12 heteroatoms. The molecule has 0 aromatic carbocycles. The second kappa shape index (κ2) is 53.5. The van der Waals surface area contributed by atoms with E-state index < -0.39 is 67.3 Å². The molecule has 0 aromatic heterocycles. The third-order valence-corrected chi connectivity index (χ3v) is 12.7. The molecule has 0 aromatic rings. The van der Waals surface area contributed by atoms with E-state index in [-0.39, 0.29) is 25.9 Å². The van der Waals surface area contributed by atoms with Crippen LogP contribution in [-0.2, 0) is 42.9 Å². The fourth-order valence-electron chi connectivity index (χ4n) is 8.13. The molecule has 6 unspecified atom stereocenters. The van der Waals surface area contributed by atoms with Gasteiger partial charge in [0.2, 0.25) is 0 Å². The fraction of sp³-hybridized carbons (Fsp3) is 0.612. The zero-order valence-corrected chi connectivity index (χ0v) is 48.8. The van der Waals surface area contributed by atoms with Crippen molar-refractivity contribution >= 4 is 23.9 Å². The van der Waals surface area contributed by atoms with E-state index >= 15 is 0 Å². The molecule has 1 rings (SSSR count). The standard InChI is InChI=1S/C67H104O12/c1-4-7-10-13-16-19-22-24-26-28-30-32-34-36-39-41-44-47-50-53-59(68)75-56-58(77-60(69)54-51-48-45-43-40-37-35-33-31-29-27-25-23-20-17-14-11-8-5-2)57-76-67-65(63(72)62(71)64(79-67)66(73)74)78-61(70)55-52-49-46-42-38-21-18-15-12-9-6-3/h7-8,10-11,15-20,24-27,30-33,36,39,44,47,58,62-65,67,71-72H,4-6,9,12-14,21-23,28-29,34-35,37-38,40-43,45-46,48-57H2,1-3H3,(H,73,74)/b10-7-,11-8-,18-15-,19-16-,20-17-,26-24-,27-25-,32-30-,33-31-,39-36-,47-44-. The van der Waals surface area contributed by atoms with Gasteiger partial charge in [0.1, 0.15) is 18.8 Å². The average Bonchev–Trinajstić information content (AvgIpc) is 3.47. The van der Waals surface area contributed by atoms with Gasteiger partial charge >= 0.3 is 23.9 Å². The predicted octanol–water partition coefficient (Wildman–Crippen LogP) is 15.8. The van der Waals surface area contributed by atoms with Crippen LogP contribution in [0.15, 0.2) is 134 Å². The van der Waals surface area contributed by atoms with Crippen LogP contribution in [0.3, 0.4) is 0 Å².